The molecule has 0 aliphatic carbocycles. The molecule has 50 heavy (non-hydrogen) atoms. The van der Waals surface area contributed by atoms with Crippen molar-refractivity contribution < 1.29 is 77.5 Å². The van der Waals surface area contributed by atoms with Gasteiger partial charge in [0.15, 0.2) is 12.6 Å². The highest BCUT2D eigenvalue weighted by Crippen LogP contribution is 2.25. The second-order valence-electron chi connectivity index (χ2n) is 11.0. The van der Waals surface area contributed by atoms with Crippen LogP contribution in [-0.4, -0.2) is 122 Å². The number of hydrogen-bond donors (Lipinski definition) is 4. The fourth-order valence-electron chi connectivity index (χ4n) is 4.36. The van der Waals surface area contributed by atoms with Gasteiger partial charge in [-0.05, 0) is 0 Å². The second-order valence-corrected chi connectivity index (χ2v) is 11.0. The molecule has 0 amide bonds. The summed E-state index contributed by atoms with van der Waals surface area (Å²) in [5.74, 6) is -2.52. The standard InChI is InChI=1S/C24H26O8.C10H18O8/c25-21(31-19-13-27-23(28-14-19)17-7-3-1-4-8-17)11-12-22(26)32-20-15-29-24(30-16-20)18-9-5-2-6-10-18;11-3-7(4-12)17-9(15)1-2-10(16)18-8(5-13)6-14/h1-10,19-20,23-24H,11-16H2;7-8,11-14H,1-6H2. The highest BCUT2D eigenvalue weighted by Gasteiger charge is 2.28. The molecule has 2 aromatic rings. The first kappa shape index (κ1) is 40.4. The number of aliphatic hydroxyl groups is 4. The summed E-state index contributed by atoms with van der Waals surface area (Å²) in [6, 6.07) is 19.1. The molecule has 276 valence electrons. The monoisotopic (exact) mass is 708 g/mol. The van der Waals surface area contributed by atoms with Crippen molar-refractivity contribution in [2.45, 2.75) is 62.7 Å². The molecule has 2 saturated heterocycles. The number of ether oxygens (including phenoxy) is 8. The number of aliphatic hydroxyl groups excluding tert-OH is 4. The summed E-state index contributed by atoms with van der Waals surface area (Å²) in [4.78, 5) is 46.4. The van der Waals surface area contributed by atoms with Gasteiger partial charge in [0.25, 0.3) is 0 Å². The van der Waals surface area contributed by atoms with Crippen LogP contribution < -0.4 is 0 Å². The fraction of sp³-hybridized carbons (Fsp3) is 0.529. The first-order valence-electron chi connectivity index (χ1n) is 16.0. The molecule has 0 saturated carbocycles. The summed E-state index contributed by atoms with van der Waals surface area (Å²) >= 11 is 0. The van der Waals surface area contributed by atoms with Gasteiger partial charge in [0.05, 0.1) is 78.5 Å². The second kappa shape index (κ2) is 22.7. The molecule has 16 heteroatoms. The maximum atomic E-state index is 12.1. The van der Waals surface area contributed by atoms with E-state index in [4.69, 9.17) is 48.8 Å². The van der Waals surface area contributed by atoms with Crippen molar-refractivity contribution in [1.29, 1.82) is 0 Å². The average molecular weight is 709 g/mol. The van der Waals surface area contributed by atoms with Crippen LogP contribution in [0.15, 0.2) is 60.7 Å². The molecule has 0 aromatic heterocycles. The van der Waals surface area contributed by atoms with Crippen molar-refractivity contribution >= 4 is 23.9 Å². The van der Waals surface area contributed by atoms with Crippen molar-refractivity contribution in [1.82, 2.24) is 0 Å². The van der Waals surface area contributed by atoms with Gasteiger partial charge in [0.2, 0.25) is 0 Å². The zero-order chi connectivity index (χ0) is 36.1. The lowest BCUT2D eigenvalue weighted by Gasteiger charge is -2.29. The zero-order valence-electron chi connectivity index (χ0n) is 27.4. The molecule has 0 unspecified atom stereocenters. The lowest BCUT2D eigenvalue weighted by Crippen LogP contribution is -2.36. The van der Waals surface area contributed by atoms with E-state index in [1.807, 2.05) is 60.7 Å². The molecule has 0 spiro atoms. The quantitative estimate of drug-likeness (QED) is 0.139. The number of rotatable bonds is 16. The average Bonchev–Trinajstić information content (AvgIpc) is 3.16. The Morgan fingerprint density at radius 3 is 1.12 bits per heavy atom. The molecule has 0 bridgehead atoms. The molecule has 2 aromatic carbocycles. The van der Waals surface area contributed by atoms with Gasteiger partial charge < -0.3 is 58.3 Å². The Hall–Kier alpha value is -4.00. The normalized spacial score (nSPS) is 20.3. The van der Waals surface area contributed by atoms with E-state index in [0.717, 1.165) is 11.1 Å². The largest absolute Gasteiger partial charge is 0.457 e. The predicted octanol–water partition coefficient (Wildman–Crippen LogP) is 0.641. The Morgan fingerprint density at radius 2 is 0.820 bits per heavy atom. The Morgan fingerprint density at radius 1 is 0.520 bits per heavy atom. The van der Waals surface area contributed by atoms with E-state index in [9.17, 15) is 19.2 Å². The molecule has 2 aliphatic rings. The molecule has 4 N–H and O–H groups in total. The smallest absolute Gasteiger partial charge is 0.306 e. The van der Waals surface area contributed by atoms with Gasteiger partial charge in [-0.1, -0.05) is 60.7 Å². The van der Waals surface area contributed by atoms with Gasteiger partial charge in [-0.2, -0.15) is 0 Å². The van der Waals surface area contributed by atoms with Crippen LogP contribution in [0.5, 0.6) is 0 Å². The Kier molecular flexibility index (Phi) is 18.3. The van der Waals surface area contributed by atoms with Crippen molar-refractivity contribution in [3.63, 3.8) is 0 Å². The van der Waals surface area contributed by atoms with E-state index >= 15 is 0 Å². The molecule has 0 radical (unpaired) electrons. The summed E-state index contributed by atoms with van der Waals surface area (Å²) in [5, 5.41) is 34.6. The summed E-state index contributed by atoms with van der Waals surface area (Å²) < 4.78 is 42.4. The summed E-state index contributed by atoms with van der Waals surface area (Å²) in [7, 11) is 0. The summed E-state index contributed by atoms with van der Waals surface area (Å²) in [6.45, 7) is -1.12. The molecule has 2 fully saturated rings. The SMILES string of the molecule is O=C(CCC(=O)OC(CO)CO)OC(CO)CO.O=C(CCC(=O)OC1COC(c2ccccc2)OC1)OC1COC(c2ccccc2)OC1. The maximum absolute atomic E-state index is 12.1. The van der Waals surface area contributed by atoms with Crippen molar-refractivity contribution in [2.75, 3.05) is 52.9 Å². The third kappa shape index (κ3) is 14.9. The number of benzene rings is 2. The van der Waals surface area contributed by atoms with Crippen LogP contribution in [0.4, 0.5) is 0 Å². The highest BCUT2D eigenvalue weighted by molar-refractivity contribution is 5.78. The van der Waals surface area contributed by atoms with Crippen molar-refractivity contribution in [3.8, 4) is 0 Å². The first-order valence-corrected chi connectivity index (χ1v) is 16.0. The Bertz CT molecular complexity index is 1170. The lowest BCUT2D eigenvalue weighted by atomic mass is 10.2. The van der Waals surface area contributed by atoms with E-state index in [-0.39, 0.29) is 52.1 Å². The highest BCUT2D eigenvalue weighted by atomic mass is 16.7. The molecule has 2 heterocycles. The Balaban J connectivity index is 0.000000322. The molecule has 4 rings (SSSR count). The fourth-order valence-corrected chi connectivity index (χ4v) is 4.36. The number of carbonyl (C=O) groups excluding carboxylic acids is 4. The van der Waals surface area contributed by atoms with Gasteiger partial charge in [0.1, 0.15) is 24.4 Å². The molecule has 16 nitrogen and oxygen atoms in total. The van der Waals surface area contributed by atoms with Gasteiger partial charge in [0, 0.05) is 11.1 Å². The van der Waals surface area contributed by atoms with Crippen LogP contribution in [0.1, 0.15) is 49.4 Å². The van der Waals surface area contributed by atoms with E-state index in [2.05, 4.69) is 9.47 Å². The van der Waals surface area contributed by atoms with Gasteiger partial charge in [-0.25, -0.2) is 0 Å². The van der Waals surface area contributed by atoms with Crippen molar-refractivity contribution in [2.24, 2.45) is 0 Å². The minimum atomic E-state index is -1.00. The van der Waals surface area contributed by atoms with Crippen LogP contribution in [0.25, 0.3) is 0 Å². The maximum Gasteiger partial charge on any atom is 0.306 e. The minimum Gasteiger partial charge on any atom is -0.457 e. The molecule has 2 aliphatic heterocycles. The van der Waals surface area contributed by atoms with E-state index in [1.54, 1.807) is 0 Å². The summed E-state index contributed by atoms with van der Waals surface area (Å²) in [5.41, 5.74) is 1.82. The topological polar surface area (TPSA) is 223 Å². The number of carbonyl (C=O) groups is 4. The number of esters is 4. The van der Waals surface area contributed by atoms with E-state index in [0.29, 0.717) is 0 Å². The Labute approximate surface area is 288 Å². The van der Waals surface area contributed by atoms with Gasteiger partial charge >= 0.3 is 23.9 Å². The lowest BCUT2D eigenvalue weighted by molar-refractivity contribution is -0.231. The third-order valence-electron chi connectivity index (χ3n) is 6.95. The van der Waals surface area contributed by atoms with Crippen molar-refractivity contribution in [3.05, 3.63) is 71.8 Å². The van der Waals surface area contributed by atoms with Gasteiger partial charge in [-0.15, -0.1) is 0 Å². The molecular formula is C34H44O16. The van der Waals surface area contributed by atoms with Crippen LogP contribution in [-0.2, 0) is 57.1 Å². The zero-order valence-corrected chi connectivity index (χ0v) is 27.4. The first-order chi connectivity index (χ1) is 24.2. The minimum absolute atomic E-state index is 0.0848. The van der Waals surface area contributed by atoms with Crippen LogP contribution in [0.2, 0.25) is 0 Å². The van der Waals surface area contributed by atoms with Crippen LogP contribution in [0.3, 0.4) is 0 Å². The third-order valence-corrected chi connectivity index (χ3v) is 6.95. The predicted molar refractivity (Wildman–Crippen MR) is 169 cm³/mol. The van der Waals surface area contributed by atoms with E-state index < -0.39 is 87.3 Å². The van der Waals surface area contributed by atoms with Crippen LogP contribution >= 0.6 is 0 Å². The van der Waals surface area contributed by atoms with Crippen LogP contribution in [0, 0.1) is 0 Å². The number of hydrogen-bond acceptors (Lipinski definition) is 16. The summed E-state index contributed by atoms with van der Waals surface area (Å²) in [6.07, 6.45) is -4.69. The molecule has 0 atom stereocenters. The van der Waals surface area contributed by atoms with E-state index in [1.165, 1.54) is 0 Å². The van der Waals surface area contributed by atoms with Gasteiger partial charge in [-0.3, -0.25) is 19.2 Å². The molecular weight excluding hydrogens is 664 g/mol.